The second kappa shape index (κ2) is 17.7. The van der Waals surface area contributed by atoms with Crippen LogP contribution in [0.2, 0.25) is 0 Å². The van der Waals surface area contributed by atoms with Crippen LogP contribution in [-0.2, 0) is 4.74 Å². The minimum atomic E-state index is 0.00926. The summed E-state index contributed by atoms with van der Waals surface area (Å²) >= 11 is 0. The van der Waals surface area contributed by atoms with Crippen molar-refractivity contribution in [3.63, 3.8) is 0 Å². The lowest BCUT2D eigenvalue weighted by Crippen LogP contribution is -2.21. The highest BCUT2D eigenvalue weighted by atomic mass is 16.5. The third-order valence-electron chi connectivity index (χ3n) is 4.98. The first-order valence-corrected chi connectivity index (χ1v) is 10.6. The topological polar surface area (TPSA) is 29.5 Å². The van der Waals surface area contributed by atoms with Gasteiger partial charge in [0.25, 0.3) is 0 Å². The Labute approximate surface area is 153 Å². The lowest BCUT2D eigenvalue weighted by molar-refractivity contribution is 0.0593. The van der Waals surface area contributed by atoms with Crippen molar-refractivity contribution in [2.75, 3.05) is 7.11 Å². The summed E-state index contributed by atoms with van der Waals surface area (Å²) in [5.41, 5.74) is 0. The van der Waals surface area contributed by atoms with E-state index in [1.807, 2.05) is 21.0 Å². The maximum absolute atomic E-state index is 9.21. The van der Waals surface area contributed by atoms with Crippen molar-refractivity contribution in [1.29, 1.82) is 0 Å². The van der Waals surface area contributed by atoms with E-state index in [9.17, 15) is 5.11 Å². The van der Waals surface area contributed by atoms with Crippen LogP contribution in [0.15, 0.2) is 0 Å². The molecule has 0 aromatic rings. The molecule has 148 valence electrons. The van der Waals surface area contributed by atoms with Crippen molar-refractivity contribution in [1.82, 2.24) is 0 Å². The zero-order chi connectivity index (χ0) is 19.0. The van der Waals surface area contributed by atoms with Gasteiger partial charge >= 0.3 is 0 Å². The molecule has 2 aliphatic carbocycles. The summed E-state index contributed by atoms with van der Waals surface area (Å²) in [7, 11) is 1.82. The van der Waals surface area contributed by atoms with E-state index in [-0.39, 0.29) is 6.10 Å². The largest absolute Gasteiger partial charge is 0.393 e. The van der Waals surface area contributed by atoms with E-state index in [0.29, 0.717) is 6.10 Å². The lowest BCUT2D eigenvalue weighted by atomic mass is 9.81. The van der Waals surface area contributed by atoms with Crippen LogP contribution < -0.4 is 0 Å². The van der Waals surface area contributed by atoms with Crippen LogP contribution in [0.4, 0.5) is 0 Å². The van der Waals surface area contributed by atoms with Gasteiger partial charge in [-0.05, 0) is 69.1 Å². The van der Waals surface area contributed by atoms with Gasteiger partial charge in [0, 0.05) is 7.11 Å². The van der Waals surface area contributed by atoms with Crippen LogP contribution in [0.1, 0.15) is 106 Å². The van der Waals surface area contributed by atoms with E-state index in [1.165, 1.54) is 44.9 Å². The fraction of sp³-hybridized carbons (Fsp3) is 1.00. The highest BCUT2D eigenvalue weighted by Gasteiger charge is 2.21. The number of aliphatic hydroxyl groups is 1. The molecule has 0 aliphatic heterocycles. The second-order valence-corrected chi connectivity index (χ2v) is 7.64. The van der Waals surface area contributed by atoms with Crippen molar-refractivity contribution < 1.29 is 9.84 Å². The van der Waals surface area contributed by atoms with Gasteiger partial charge < -0.3 is 9.84 Å². The molecule has 2 rings (SSSR count). The molecule has 0 aromatic heterocycles. The van der Waals surface area contributed by atoms with Gasteiger partial charge in [-0.1, -0.05) is 54.9 Å². The van der Waals surface area contributed by atoms with Gasteiger partial charge in [-0.3, -0.25) is 0 Å². The van der Waals surface area contributed by atoms with E-state index in [4.69, 9.17) is 4.74 Å². The SMILES string of the molecule is CC.CC(C)C1CCC(O)CC1.CCC.COC1CCC(C)CC1. The first-order valence-electron chi connectivity index (χ1n) is 10.6. The number of aliphatic hydroxyl groups excluding tert-OH is 1. The molecule has 0 amide bonds. The van der Waals surface area contributed by atoms with Gasteiger partial charge in [-0.2, -0.15) is 0 Å². The summed E-state index contributed by atoms with van der Waals surface area (Å²) in [5.74, 6) is 2.63. The zero-order valence-corrected chi connectivity index (χ0v) is 18.1. The van der Waals surface area contributed by atoms with Gasteiger partial charge in [0.05, 0.1) is 12.2 Å². The van der Waals surface area contributed by atoms with Crippen molar-refractivity contribution in [2.24, 2.45) is 17.8 Å². The predicted molar refractivity (Wildman–Crippen MR) is 109 cm³/mol. The zero-order valence-electron chi connectivity index (χ0n) is 18.1. The third-order valence-corrected chi connectivity index (χ3v) is 4.98. The minimum absolute atomic E-state index is 0.00926. The molecule has 0 saturated heterocycles. The predicted octanol–water partition coefficient (Wildman–Crippen LogP) is 6.85. The second-order valence-electron chi connectivity index (χ2n) is 7.64. The molecule has 0 unspecified atom stereocenters. The smallest absolute Gasteiger partial charge is 0.0571 e. The van der Waals surface area contributed by atoms with Crippen LogP contribution in [0.25, 0.3) is 0 Å². The van der Waals surface area contributed by atoms with Gasteiger partial charge in [0.15, 0.2) is 0 Å². The molecule has 2 aliphatic rings. The average molecular weight is 345 g/mol. The Morgan fingerprint density at radius 1 is 0.875 bits per heavy atom. The Morgan fingerprint density at radius 3 is 1.62 bits per heavy atom. The van der Waals surface area contributed by atoms with Gasteiger partial charge in [0.1, 0.15) is 0 Å². The summed E-state index contributed by atoms with van der Waals surface area (Å²) in [6.45, 7) is 15.1. The van der Waals surface area contributed by atoms with Crippen LogP contribution in [0.5, 0.6) is 0 Å². The lowest BCUT2D eigenvalue weighted by Gasteiger charge is -2.27. The van der Waals surface area contributed by atoms with Crippen molar-refractivity contribution in [3.8, 4) is 0 Å². The van der Waals surface area contributed by atoms with E-state index in [1.54, 1.807) is 0 Å². The molecule has 24 heavy (non-hydrogen) atoms. The first kappa shape index (κ1) is 26.2. The molecule has 2 heteroatoms. The summed E-state index contributed by atoms with van der Waals surface area (Å²) in [6.07, 6.45) is 11.6. The molecule has 0 atom stereocenters. The molecule has 0 aromatic carbocycles. The Morgan fingerprint density at radius 2 is 1.29 bits per heavy atom. The van der Waals surface area contributed by atoms with Crippen molar-refractivity contribution >= 4 is 0 Å². The van der Waals surface area contributed by atoms with Crippen molar-refractivity contribution in [2.45, 2.75) is 118 Å². The summed E-state index contributed by atoms with van der Waals surface area (Å²) in [6, 6.07) is 0. The monoisotopic (exact) mass is 344 g/mol. The summed E-state index contributed by atoms with van der Waals surface area (Å²) in [5, 5.41) is 9.21. The normalized spacial score (nSPS) is 29.2. The summed E-state index contributed by atoms with van der Waals surface area (Å²) in [4.78, 5) is 0. The number of rotatable bonds is 2. The maximum atomic E-state index is 9.21. The van der Waals surface area contributed by atoms with Crippen LogP contribution in [0.3, 0.4) is 0 Å². The quantitative estimate of drug-likeness (QED) is 0.593. The molecule has 0 bridgehead atoms. The fourth-order valence-electron chi connectivity index (χ4n) is 3.23. The molecule has 2 nitrogen and oxygen atoms in total. The number of hydrogen-bond acceptors (Lipinski definition) is 2. The highest BCUT2D eigenvalue weighted by molar-refractivity contribution is 4.73. The standard InChI is InChI=1S/C9H18O.C8H16O.C3H8.C2H6/c1-7(2)8-3-5-9(10)6-4-8;1-7-3-5-8(9-2)6-4-7;1-3-2;1-2/h7-10H,3-6H2,1-2H3;7-8H,3-6H2,1-2H3;3H2,1-2H3;1-2H3. The number of ether oxygens (including phenoxy) is 1. The number of hydrogen-bond donors (Lipinski definition) is 1. The van der Waals surface area contributed by atoms with E-state index < -0.39 is 0 Å². The van der Waals surface area contributed by atoms with Crippen LogP contribution >= 0.6 is 0 Å². The molecule has 2 saturated carbocycles. The van der Waals surface area contributed by atoms with E-state index in [2.05, 4.69) is 34.6 Å². The molecule has 0 radical (unpaired) electrons. The van der Waals surface area contributed by atoms with Gasteiger partial charge in [-0.15, -0.1) is 0 Å². The van der Waals surface area contributed by atoms with E-state index in [0.717, 1.165) is 30.6 Å². The average Bonchev–Trinajstić information content (AvgIpc) is 2.59. The Balaban J connectivity index is 0. The molecule has 1 N–H and O–H groups in total. The molecule has 0 heterocycles. The van der Waals surface area contributed by atoms with Crippen LogP contribution in [-0.4, -0.2) is 24.4 Å². The molecular weight excluding hydrogens is 296 g/mol. The first-order chi connectivity index (χ1) is 11.4. The summed E-state index contributed by atoms with van der Waals surface area (Å²) < 4.78 is 5.24. The van der Waals surface area contributed by atoms with Gasteiger partial charge in [0.2, 0.25) is 0 Å². The van der Waals surface area contributed by atoms with Crippen LogP contribution in [0, 0.1) is 17.8 Å². The maximum Gasteiger partial charge on any atom is 0.0571 e. The van der Waals surface area contributed by atoms with Gasteiger partial charge in [-0.25, -0.2) is 0 Å². The Kier molecular flexibility index (Phi) is 19.3. The number of methoxy groups -OCH3 is 1. The Bertz CT molecular complexity index is 224. The highest BCUT2D eigenvalue weighted by Crippen LogP contribution is 2.29. The Hall–Kier alpha value is -0.0800. The van der Waals surface area contributed by atoms with E-state index >= 15 is 0 Å². The van der Waals surface area contributed by atoms with Crippen molar-refractivity contribution in [3.05, 3.63) is 0 Å². The molecule has 2 fully saturated rings. The third kappa shape index (κ3) is 14.3. The molecular formula is C22H48O2. The molecule has 0 spiro atoms. The fourth-order valence-corrected chi connectivity index (χ4v) is 3.23. The minimum Gasteiger partial charge on any atom is -0.393 e.